The molecule has 5 heteroatoms. The maximum Gasteiger partial charge on any atom is 0.217 e. The van der Waals surface area contributed by atoms with E-state index >= 15 is 0 Å². The maximum absolute atomic E-state index is 11.0. The van der Waals surface area contributed by atoms with Crippen LogP contribution in [0.25, 0.3) is 0 Å². The van der Waals surface area contributed by atoms with Gasteiger partial charge in [-0.1, -0.05) is 15.9 Å². The van der Waals surface area contributed by atoms with Crippen molar-refractivity contribution in [2.45, 2.75) is 20.0 Å². The first kappa shape index (κ1) is 12.4. The molecule has 1 aliphatic heterocycles. The zero-order chi connectivity index (χ0) is 12.3. The molecule has 1 heterocycles. The van der Waals surface area contributed by atoms with Crippen LogP contribution in [-0.4, -0.2) is 19.1 Å². The quantitative estimate of drug-likeness (QED) is 0.871. The lowest BCUT2D eigenvalue weighted by molar-refractivity contribution is -0.119. The third-order valence-corrected chi connectivity index (χ3v) is 3.03. The number of hydrogen-bond donors (Lipinski definition) is 2. The molecule has 0 saturated carbocycles. The number of hydrogen-bond acceptors (Lipinski definition) is 3. The van der Waals surface area contributed by atoms with Gasteiger partial charge in [-0.2, -0.15) is 0 Å². The van der Waals surface area contributed by atoms with Crippen molar-refractivity contribution in [1.29, 1.82) is 0 Å². The molecule has 0 atom stereocenters. The minimum Gasteiger partial charge on any atom is -0.492 e. The van der Waals surface area contributed by atoms with Gasteiger partial charge in [0.25, 0.3) is 0 Å². The van der Waals surface area contributed by atoms with Gasteiger partial charge in [-0.15, -0.1) is 0 Å². The predicted octanol–water partition coefficient (Wildman–Crippen LogP) is 1.57. The topological polar surface area (TPSA) is 50.4 Å². The number of nitrogens with one attached hydrogen (secondary N) is 2. The van der Waals surface area contributed by atoms with Crippen LogP contribution in [0, 0.1) is 0 Å². The van der Waals surface area contributed by atoms with Gasteiger partial charge >= 0.3 is 0 Å². The second-order valence-electron chi connectivity index (χ2n) is 3.99. The molecule has 1 amide bonds. The highest BCUT2D eigenvalue weighted by Gasteiger charge is 2.14. The fourth-order valence-electron chi connectivity index (χ4n) is 1.83. The van der Waals surface area contributed by atoms with Gasteiger partial charge in [0.15, 0.2) is 0 Å². The summed E-state index contributed by atoms with van der Waals surface area (Å²) in [5.41, 5.74) is 2.13. The molecule has 1 aliphatic rings. The van der Waals surface area contributed by atoms with E-state index in [9.17, 15) is 4.79 Å². The lowest BCUT2D eigenvalue weighted by Crippen LogP contribution is -2.19. The van der Waals surface area contributed by atoms with Crippen LogP contribution < -0.4 is 15.4 Å². The summed E-state index contributed by atoms with van der Waals surface area (Å²) in [7, 11) is 0. The monoisotopic (exact) mass is 298 g/mol. The summed E-state index contributed by atoms with van der Waals surface area (Å²) in [5, 5.41) is 6.09. The van der Waals surface area contributed by atoms with E-state index in [2.05, 4.69) is 26.6 Å². The standard InChI is InChI=1S/C12H15BrN2O2/c1-8(16)15-7-10-5-11(13)4-9-6-14-2-3-17-12(9)10/h4-5,14H,2-3,6-7H2,1H3,(H,15,16). The Hall–Kier alpha value is -1.07. The minimum atomic E-state index is -0.0366. The molecule has 17 heavy (non-hydrogen) atoms. The van der Waals surface area contributed by atoms with Crippen LogP contribution in [0.2, 0.25) is 0 Å². The van der Waals surface area contributed by atoms with E-state index in [-0.39, 0.29) is 5.91 Å². The molecule has 0 radical (unpaired) electrons. The van der Waals surface area contributed by atoms with Gasteiger partial charge in [0.05, 0.1) is 0 Å². The molecular formula is C12H15BrN2O2. The molecule has 0 aliphatic carbocycles. The number of carbonyl (C=O) groups excluding carboxylic acids is 1. The summed E-state index contributed by atoms with van der Waals surface area (Å²) in [5.74, 6) is 0.859. The van der Waals surface area contributed by atoms with E-state index in [1.165, 1.54) is 6.92 Å². The van der Waals surface area contributed by atoms with Crippen LogP contribution in [0.3, 0.4) is 0 Å². The van der Waals surface area contributed by atoms with Crippen molar-refractivity contribution < 1.29 is 9.53 Å². The molecular weight excluding hydrogens is 284 g/mol. The van der Waals surface area contributed by atoms with E-state index in [4.69, 9.17) is 4.74 Å². The molecule has 0 fully saturated rings. The van der Waals surface area contributed by atoms with Crippen molar-refractivity contribution in [3.05, 3.63) is 27.7 Å². The van der Waals surface area contributed by atoms with E-state index < -0.39 is 0 Å². The third-order valence-electron chi connectivity index (χ3n) is 2.58. The molecule has 0 saturated heterocycles. The summed E-state index contributed by atoms with van der Waals surface area (Å²) < 4.78 is 6.74. The summed E-state index contributed by atoms with van der Waals surface area (Å²) in [6.07, 6.45) is 0. The summed E-state index contributed by atoms with van der Waals surface area (Å²) in [6, 6.07) is 4.03. The average molecular weight is 299 g/mol. The largest absolute Gasteiger partial charge is 0.492 e. The van der Waals surface area contributed by atoms with Gasteiger partial charge in [0, 0.05) is 42.2 Å². The number of halogens is 1. The molecule has 0 aromatic heterocycles. The van der Waals surface area contributed by atoms with Crippen molar-refractivity contribution >= 4 is 21.8 Å². The van der Waals surface area contributed by atoms with Gasteiger partial charge < -0.3 is 15.4 Å². The van der Waals surface area contributed by atoms with Gasteiger partial charge in [-0.05, 0) is 12.1 Å². The molecule has 0 unspecified atom stereocenters. The second kappa shape index (κ2) is 5.51. The minimum absolute atomic E-state index is 0.0366. The number of benzene rings is 1. The third kappa shape index (κ3) is 3.20. The van der Waals surface area contributed by atoms with Gasteiger partial charge in [0.1, 0.15) is 12.4 Å². The van der Waals surface area contributed by atoms with Crippen LogP contribution in [0.1, 0.15) is 18.1 Å². The highest BCUT2D eigenvalue weighted by atomic mass is 79.9. The first-order chi connectivity index (χ1) is 8.16. The van der Waals surface area contributed by atoms with Crippen LogP contribution in [0.5, 0.6) is 5.75 Å². The Bertz CT molecular complexity index is 435. The fraction of sp³-hybridized carbons (Fsp3) is 0.417. The number of amides is 1. The second-order valence-corrected chi connectivity index (χ2v) is 4.90. The van der Waals surface area contributed by atoms with Crippen molar-refractivity contribution in [1.82, 2.24) is 10.6 Å². The number of carbonyl (C=O) groups is 1. The van der Waals surface area contributed by atoms with Gasteiger partial charge in [-0.25, -0.2) is 0 Å². The molecule has 2 N–H and O–H groups in total. The SMILES string of the molecule is CC(=O)NCc1cc(Br)cc2c1OCCNC2. The average Bonchev–Trinajstić information content (AvgIpc) is 2.50. The van der Waals surface area contributed by atoms with Crippen molar-refractivity contribution in [3.8, 4) is 5.75 Å². The molecule has 2 rings (SSSR count). The Kier molecular flexibility index (Phi) is 4.02. The molecule has 0 spiro atoms. The molecule has 4 nitrogen and oxygen atoms in total. The Morgan fingerprint density at radius 2 is 2.41 bits per heavy atom. The highest BCUT2D eigenvalue weighted by molar-refractivity contribution is 9.10. The van der Waals surface area contributed by atoms with Gasteiger partial charge in [-0.3, -0.25) is 4.79 Å². The van der Waals surface area contributed by atoms with E-state index in [0.717, 1.165) is 34.4 Å². The first-order valence-corrected chi connectivity index (χ1v) is 6.35. The Morgan fingerprint density at radius 3 is 3.18 bits per heavy atom. The van der Waals surface area contributed by atoms with E-state index in [1.807, 2.05) is 12.1 Å². The van der Waals surface area contributed by atoms with E-state index in [1.54, 1.807) is 0 Å². The van der Waals surface area contributed by atoms with Crippen molar-refractivity contribution in [3.63, 3.8) is 0 Å². The summed E-state index contributed by atoms with van der Waals surface area (Å²) in [6.45, 7) is 4.30. The number of rotatable bonds is 2. The molecule has 0 bridgehead atoms. The number of ether oxygens (including phenoxy) is 1. The zero-order valence-corrected chi connectivity index (χ0v) is 11.3. The highest BCUT2D eigenvalue weighted by Crippen LogP contribution is 2.29. The molecule has 92 valence electrons. The predicted molar refractivity (Wildman–Crippen MR) is 68.9 cm³/mol. The lowest BCUT2D eigenvalue weighted by Gasteiger charge is -2.13. The number of fused-ring (bicyclic) bond motifs is 1. The van der Waals surface area contributed by atoms with Crippen LogP contribution in [0.4, 0.5) is 0 Å². The molecule has 1 aromatic carbocycles. The zero-order valence-electron chi connectivity index (χ0n) is 9.68. The van der Waals surface area contributed by atoms with Crippen molar-refractivity contribution in [2.24, 2.45) is 0 Å². The Balaban J connectivity index is 2.29. The summed E-state index contributed by atoms with van der Waals surface area (Å²) >= 11 is 3.48. The maximum atomic E-state index is 11.0. The van der Waals surface area contributed by atoms with E-state index in [0.29, 0.717) is 13.2 Å². The van der Waals surface area contributed by atoms with Crippen LogP contribution >= 0.6 is 15.9 Å². The fourth-order valence-corrected chi connectivity index (χ4v) is 2.38. The molecule has 1 aromatic rings. The van der Waals surface area contributed by atoms with Crippen LogP contribution in [0.15, 0.2) is 16.6 Å². The Morgan fingerprint density at radius 1 is 1.59 bits per heavy atom. The van der Waals surface area contributed by atoms with Crippen molar-refractivity contribution in [2.75, 3.05) is 13.2 Å². The lowest BCUT2D eigenvalue weighted by atomic mass is 10.1. The summed E-state index contributed by atoms with van der Waals surface area (Å²) in [4.78, 5) is 11.0. The normalized spacial score (nSPS) is 14.5. The van der Waals surface area contributed by atoms with Crippen LogP contribution in [-0.2, 0) is 17.9 Å². The Labute approximate surface area is 109 Å². The van der Waals surface area contributed by atoms with Gasteiger partial charge in [0.2, 0.25) is 5.91 Å². The first-order valence-electron chi connectivity index (χ1n) is 5.56. The smallest absolute Gasteiger partial charge is 0.217 e.